The molecule has 2 aromatic rings. The molecule has 0 aromatic heterocycles. The van der Waals surface area contributed by atoms with Crippen molar-refractivity contribution in [3.05, 3.63) is 70.2 Å². The molecule has 0 saturated carbocycles. The quantitative estimate of drug-likeness (QED) is 0.891. The van der Waals surface area contributed by atoms with Crippen molar-refractivity contribution >= 4 is 17.5 Å². The third-order valence-electron chi connectivity index (χ3n) is 4.50. The van der Waals surface area contributed by atoms with Crippen molar-refractivity contribution in [2.24, 2.45) is 0 Å². The molecule has 1 aliphatic heterocycles. The number of hydrogen-bond donors (Lipinski definition) is 1. The Morgan fingerprint density at radius 3 is 2.76 bits per heavy atom. The van der Waals surface area contributed by atoms with Crippen molar-refractivity contribution in [3.63, 3.8) is 0 Å². The van der Waals surface area contributed by atoms with E-state index in [2.05, 4.69) is 23.2 Å². The minimum absolute atomic E-state index is 0.0183. The molecular weight excluding hydrogens is 336 g/mol. The van der Waals surface area contributed by atoms with Crippen LogP contribution in [0.25, 0.3) is 0 Å². The van der Waals surface area contributed by atoms with Crippen LogP contribution < -0.4 is 5.32 Å². The van der Waals surface area contributed by atoms with Crippen LogP contribution >= 0.6 is 11.6 Å². The molecular formula is C20H23ClN2O2. The van der Waals surface area contributed by atoms with Crippen molar-refractivity contribution in [3.8, 4) is 0 Å². The predicted molar refractivity (Wildman–Crippen MR) is 99.6 cm³/mol. The predicted octanol–water partition coefficient (Wildman–Crippen LogP) is 3.34. The van der Waals surface area contributed by atoms with E-state index in [9.17, 15) is 4.79 Å². The van der Waals surface area contributed by atoms with Crippen LogP contribution in [-0.4, -0.2) is 37.0 Å². The smallest absolute Gasteiger partial charge is 0.234 e. The summed E-state index contributed by atoms with van der Waals surface area (Å²) >= 11 is 5.94. The minimum Gasteiger partial charge on any atom is -0.371 e. The Labute approximate surface area is 153 Å². The van der Waals surface area contributed by atoms with Crippen LogP contribution in [0.5, 0.6) is 0 Å². The van der Waals surface area contributed by atoms with E-state index in [-0.39, 0.29) is 12.0 Å². The molecule has 3 rings (SSSR count). The second-order valence-electron chi connectivity index (χ2n) is 6.35. The number of carbonyl (C=O) groups is 1. The summed E-state index contributed by atoms with van der Waals surface area (Å²) < 4.78 is 5.84. The standard InChI is InChI=1S/C20H23ClN2O2/c1-15-4-2-3-5-17(15)12-22-20(24)14-23-10-11-25-19(13-23)16-6-8-18(21)9-7-16/h2-9,19H,10-14H2,1H3,(H,22,24). The lowest BCUT2D eigenvalue weighted by Crippen LogP contribution is -2.44. The summed E-state index contributed by atoms with van der Waals surface area (Å²) in [5.41, 5.74) is 3.43. The number of nitrogens with zero attached hydrogens (tertiary/aromatic N) is 1. The Morgan fingerprint density at radius 1 is 1.24 bits per heavy atom. The molecule has 1 aliphatic rings. The number of amides is 1. The topological polar surface area (TPSA) is 41.6 Å². The first-order chi connectivity index (χ1) is 12.1. The van der Waals surface area contributed by atoms with Crippen molar-refractivity contribution in [2.75, 3.05) is 26.2 Å². The average Bonchev–Trinajstić information content (AvgIpc) is 2.62. The maximum Gasteiger partial charge on any atom is 0.234 e. The van der Waals surface area contributed by atoms with Gasteiger partial charge in [-0.3, -0.25) is 9.69 Å². The van der Waals surface area contributed by atoms with Gasteiger partial charge in [-0.2, -0.15) is 0 Å². The van der Waals surface area contributed by atoms with Crippen LogP contribution in [0.4, 0.5) is 0 Å². The second-order valence-corrected chi connectivity index (χ2v) is 6.79. The molecule has 1 unspecified atom stereocenters. The molecule has 1 heterocycles. The van der Waals surface area contributed by atoms with E-state index in [1.165, 1.54) is 5.56 Å². The van der Waals surface area contributed by atoms with Crippen molar-refractivity contribution in [1.82, 2.24) is 10.2 Å². The zero-order valence-corrected chi connectivity index (χ0v) is 15.1. The van der Waals surface area contributed by atoms with E-state index < -0.39 is 0 Å². The molecule has 1 saturated heterocycles. The van der Waals surface area contributed by atoms with Gasteiger partial charge >= 0.3 is 0 Å². The fraction of sp³-hybridized carbons (Fsp3) is 0.350. The fourth-order valence-corrected chi connectivity index (χ4v) is 3.11. The first-order valence-electron chi connectivity index (χ1n) is 8.52. The highest BCUT2D eigenvalue weighted by molar-refractivity contribution is 6.30. The number of ether oxygens (including phenoxy) is 1. The number of nitrogens with one attached hydrogen (secondary N) is 1. The van der Waals surface area contributed by atoms with Gasteiger partial charge < -0.3 is 10.1 Å². The molecule has 1 atom stereocenters. The van der Waals surface area contributed by atoms with Crippen molar-refractivity contribution in [2.45, 2.75) is 19.6 Å². The van der Waals surface area contributed by atoms with Crippen LogP contribution in [0, 0.1) is 6.92 Å². The van der Waals surface area contributed by atoms with Crippen LogP contribution in [0.15, 0.2) is 48.5 Å². The van der Waals surface area contributed by atoms with Crippen LogP contribution in [-0.2, 0) is 16.1 Å². The molecule has 25 heavy (non-hydrogen) atoms. The molecule has 1 amide bonds. The van der Waals surface area contributed by atoms with E-state index in [0.29, 0.717) is 31.3 Å². The number of benzene rings is 2. The number of hydrogen-bond acceptors (Lipinski definition) is 3. The number of morpholine rings is 1. The molecule has 132 valence electrons. The number of rotatable bonds is 5. The maximum atomic E-state index is 12.3. The molecule has 0 radical (unpaired) electrons. The van der Waals surface area contributed by atoms with E-state index >= 15 is 0 Å². The van der Waals surface area contributed by atoms with Crippen LogP contribution in [0.1, 0.15) is 22.8 Å². The third-order valence-corrected chi connectivity index (χ3v) is 4.75. The summed E-state index contributed by atoms with van der Waals surface area (Å²) in [4.78, 5) is 14.4. The zero-order chi connectivity index (χ0) is 17.6. The Hall–Kier alpha value is -1.88. The maximum absolute atomic E-state index is 12.3. The molecule has 1 fully saturated rings. The van der Waals surface area contributed by atoms with E-state index in [4.69, 9.17) is 16.3 Å². The number of aryl methyl sites for hydroxylation is 1. The third kappa shape index (κ3) is 5.05. The molecule has 0 aliphatic carbocycles. The summed E-state index contributed by atoms with van der Waals surface area (Å²) in [6.45, 7) is 5.11. The number of halogens is 1. The first kappa shape index (κ1) is 17.9. The number of carbonyl (C=O) groups excluding carboxylic acids is 1. The normalized spacial score (nSPS) is 18.1. The van der Waals surface area contributed by atoms with Crippen molar-refractivity contribution < 1.29 is 9.53 Å². The Kier molecular flexibility index (Phi) is 6.08. The van der Waals surface area contributed by atoms with Gasteiger partial charge in [0.25, 0.3) is 0 Å². The highest BCUT2D eigenvalue weighted by atomic mass is 35.5. The Balaban J connectivity index is 1.51. The second kappa shape index (κ2) is 8.48. The summed E-state index contributed by atoms with van der Waals surface area (Å²) in [7, 11) is 0. The molecule has 0 bridgehead atoms. The lowest BCUT2D eigenvalue weighted by molar-refractivity contribution is -0.124. The lowest BCUT2D eigenvalue weighted by atomic mass is 10.1. The van der Waals surface area contributed by atoms with Gasteiger partial charge in [0.05, 0.1) is 19.3 Å². The average molecular weight is 359 g/mol. The molecule has 4 nitrogen and oxygen atoms in total. The molecule has 2 aromatic carbocycles. The minimum atomic E-state index is -0.0183. The van der Waals surface area contributed by atoms with Gasteiger partial charge in [-0.05, 0) is 35.7 Å². The van der Waals surface area contributed by atoms with Gasteiger partial charge in [0, 0.05) is 24.7 Å². The van der Waals surface area contributed by atoms with Crippen molar-refractivity contribution in [1.29, 1.82) is 0 Å². The summed E-state index contributed by atoms with van der Waals surface area (Å²) in [6.07, 6.45) is -0.0183. The fourth-order valence-electron chi connectivity index (χ4n) is 2.99. The monoisotopic (exact) mass is 358 g/mol. The molecule has 5 heteroatoms. The van der Waals surface area contributed by atoms with Gasteiger partial charge in [-0.25, -0.2) is 0 Å². The molecule has 1 N–H and O–H groups in total. The summed E-state index contributed by atoms with van der Waals surface area (Å²) in [5.74, 6) is 0.0417. The highest BCUT2D eigenvalue weighted by Gasteiger charge is 2.23. The van der Waals surface area contributed by atoms with Gasteiger partial charge in [-0.15, -0.1) is 0 Å². The largest absolute Gasteiger partial charge is 0.371 e. The Bertz CT molecular complexity index is 718. The van der Waals surface area contributed by atoms with Gasteiger partial charge in [0.15, 0.2) is 0 Å². The highest BCUT2D eigenvalue weighted by Crippen LogP contribution is 2.23. The van der Waals surface area contributed by atoms with Gasteiger partial charge in [0.2, 0.25) is 5.91 Å². The van der Waals surface area contributed by atoms with E-state index in [1.54, 1.807) is 0 Å². The first-order valence-corrected chi connectivity index (χ1v) is 8.90. The van der Waals surface area contributed by atoms with Gasteiger partial charge in [0.1, 0.15) is 0 Å². The van der Waals surface area contributed by atoms with E-state index in [1.807, 2.05) is 42.5 Å². The van der Waals surface area contributed by atoms with Gasteiger partial charge in [-0.1, -0.05) is 48.0 Å². The Morgan fingerprint density at radius 2 is 2.00 bits per heavy atom. The van der Waals surface area contributed by atoms with E-state index in [0.717, 1.165) is 17.7 Å². The molecule has 0 spiro atoms. The summed E-state index contributed by atoms with van der Waals surface area (Å²) in [5, 5.41) is 3.73. The summed E-state index contributed by atoms with van der Waals surface area (Å²) in [6, 6.07) is 15.8. The van der Waals surface area contributed by atoms with Crippen LogP contribution in [0.2, 0.25) is 5.02 Å². The zero-order valence-electron chi connectivity index (χ0n) is 14.4. The SMILES string of the molecule is Cc1ccccc1CNC(=O)CN1CCOC(c2ccc(Cl)cc2)C1. The lowest BCUT2D eigenvalue weighted by Gasteiger charge is -2.32. The van der Waals surface area contributed by atoms with Crippen LogP contribution in [0.3, 0.4) is 0 Å².